The van der Waals surface area contributed by atoms with E-state index in [2.05, 4.69) is 4.98 Å². The molecule has 2 rings (SSSR count). The Morgan fingerprint density at radius 1 is 1.33 bits per heavy atom. The minimum atomic E-state index is -0.639. The average Bonchev–Trinajstić information content (AvgIpc) is 2.38. The van der Waals surface area contributed by atoms with Gasteiger partial charge in [-0.05, 0) is 44.5 Å². The van der Waals surface area contributed by atoms with Gasteiger partial charge in [-0.2, -0.15) is 0 Å². The molecule has 1 aromatic carbocycles. The molecule has 1 heterocycles. The van der Waals surface area contributed by atoms with Crippen molar-refractivity contribution >= 4 is 16.9 Å². The molecule has 0 aliphatic rings. The van der Waals surface area contributed by atoms with Gasteiger partial charge >= 0.3 is 5.97 Å². The molecule has 0 amide bonds. The van der Waals surface area contributed by atoms with Crippen LogP contribution in [0.5, 0.6) is 0 Å². The maximum absolute atomic E-state index is 12.0. The van der Waals surface area contributed by atoms with Gasteiger partial charge in [-0.3, -0.25) is 9.78 Å². The van der Waals surface area contributed by atoms with Crippen LogP contribution in [0.1, 0.15) is 26.3 Å². The van der Waals surface area contributed by atoms with Crippen molar-refractivity contribution in [2.75, 3.05) is 6.61 Å². The molecule has 3 heteroatoms. The number of nitrogens with zero attached hydrogens (tertiary/aromatic N) is 1. The first-order chi connectivity index (χ1) is 8.55. The molecule has 0 saturated carbocycles. The smallest absolute Gasteiger partial charge is 0.315 e. The lowest BCUT2D eigenvalue weighted by Gasteiger charge is -2.23. The van der Waals surface area contributed by atoms with Gasteiger partial charge in [0.2, 0.25) is 0 Å². The van der Waals surface area contributed by atoms with Crippen molar-refractivity contribution in [3.63, 3.8) is 0 Å². The van der Waals surface area contributed by atoms with Gasteiger partial charge in [0.15, 0.2) is 0 Å². The number of esters is 1. The standard InChI is InChI=1S/C15H17NO2/c1-4-18-14(17)15(2,3)12-7-8-13-11(10-12)6-5-9-16-13/h5-10H,4H2,1-3H3. The van der Waals surface area contributed by atoms with E-state index in [0.29, 0.717) is 6.61 Å². The molecule has 0 N–H and O–H groups in total. The van der Waals surface area contributed by atoms with Gasteiger partial charge in [0, 0.05) is 11.6 Å². The van der Waals surface area contributed by atoms with Crippen LogP contribution >= 0.6 is 0 Å². The number of ether oxygens (including phenoxy) is 1. The largest absolute Gasteiger partial charge is 0.465 e. The summed E-state index contributed by atoms with van der Waals surface area (Å²) < 4.78 is 5.12. The van der Waals surface area contributed by atoms with Crippen LogP contribution in [0.15, 0.2) is 36.5 Å². The monoisotopic (exact) mass is 243 g/mol. The summed E-state index contributed by atoms with van der Waals surface area (Å²) in [5.41, 5.74) is 1.24. The summed E-state index contributed by atoms with van der Waals surface area (Å²) in [6, 6.07) is 9.76. The summed E-state index contributed by atoms with van der Waals surface area (Å²) in [6.45, 7) is 5.97. The molecular weight excluding hydrogens is 226 g/mol. The van der Waals surface area contributed by atoms with Gasteiger partial charge in [0.1, 0.15) is 0 Å². The Hall–Kier alpha value is -1.90. The van der Waals surface area contributed by atoms with Gasteiger partial charge in [0.05, 0.1) is 17.5 Å². The Balaban J connectivity index is 2.44. The highest BCUT2D eigenvalue weighted by Crippen LogP contribution is 2.27. The van der Waals surface area contributed by atoms with Crippen LogP contribution < -0.4 is 0 Å². The SMILES string of the molecule is CCOC(=O)C(C)(C)c1ccc2ncccc2c1. The van der Waals surface area contributed by atoms with E-state index < -0.39 is 5.41 Å². The molecule has 0 bridgehead atoms. The molecule has 18 heavy (non-hydrogen) atoms. The van der Waals surface area contributed by atoms with E-state index in [0.717, 1.165) is 16.5 Å². The van der Waals surface area contributed by atoms with E-state index in [1.165, 1.54) is 0 Å². The van der Waals surface area contributed by atoms with Crippen LogP contribution in [0.4, 0.5) is 0 Å². The predicted octanol–water partition coefficient (Wildman–Crippen LogP) is 3.08. The number of fused-ring (bicyclic) bond motifs is 1. The Bertz CT molecular complexity index is 575. The Morgan fingerprint density at radius 2 is 2.11 bits per heavy atom. The highest BCUT2D eigenvalue weighted by Gasteiger charge is 2.31. The summed E-state index contributed by atoms with van der Waals surface area (Å²) in [6.07, 6.45) is 1.76. The van der Waals surface area contributed by atoms with Crippen molar-refractivity contribution in [3.8, 4) is 0 Å². The van der Waals surface area contributed by atoms with Gasteiger partial charge < -0.3 is 4.74 Å². The van der Waals surface area contributed by atoms with Gasteiger partial charge in [-0.25, -0.2) is 0 Å². The number of aromatic nitrogens is 1. The number of hydrogen-bond acceptors (Lipinski definition) is 3. The average molecular weight is 243 g/mol. The number of hydrogen-bond donors (Lipinski definition) is 0. The quantitative estimate of drug-likeness (QED) is 0.778. The van der Waals surface area contributed by atoms with Crippen LogP contribution in [-0.2, 0) is 14.9 Å². The number of rotatable bonds is 3. The lowest BCUT2D eigenvalue weighted by molar-refractivity contribution is -0.148. The molecule has 0 aliphatic heterocycles. The van der Waals surface area contributed by atoms with Crippen molar-refractivity contribution in [2.24, 2.45) is 0 Å². The highest BCUT2D eigenvalue weighted by atomic mass is 16.5. The number of carbonyl (C=O) groups is 1. The lowest BCUT2D eigenvalue weighted by Crippen LogP contribution is -2.31. The lowest BCUT2D eigenvalue weighted by atomic mass is 9.84. The minimum Gasteiger partial charge on any atom is -0.465 e. The molecule has 2 aromatic rings. The second-order valence-electron chi connectivity index (χ2n) is 4.76. The third kappa shape index (κ3) is 2.21. The first kappa shape index (κ1) is 12.6. The normalized spacial score (nSPS) is 11.5. The Morgan fingerprint density at radius 3 is 2.83 bits per heavy atom. The molecule has 0 unspecified atom stereocenters. The van der Waals surface area contributed by atoms with E-state index in [1.807, 2.05) is 51.1 Å². The van der Waals surface area contributed by atoms with Gasteiger partial charge in [-0.15, -0.1) is 0 Å². The maximum Gasteiger partial charge on any atom is 0.315 e. The first-order valence-electron chi connectivity index (χ1n) is 6.08. The van der Waals surface area contributed by atoms with E-state index in [1.54, 1.807) is 6.20 Å². The first-order valence-corrected chi connectivity index (χ1v) is 6.08. The summed E-state index contributed by atoms with van der Waals surface area (Å²) in [5.74, 6) is -0.201. The molecule has 0 spiro atoms. The number of benzene rings is 1. The fourth-order valence-electron chi connectivity index (χ4n) is 1.89. The molecule has 0 radical (unpaired) electrons. The van der Waals surface area contributed by atoms with Crippen LogP contribution in [0.2, 0.25) is 0 Å². The third-order valence-electron chi connectivity index (χ3n) is 3.11. The van der Waals surface area contributed by atoms with E-state index in [9.17, 15) is 4.79 Å². The summed E-state index contributed by atoms with van der Waals surface area (Å²) in [5, 5.41) is 1.03. The van der Waals surface area contributed by atoms with Crippen LogP contribution in [0.3, 0.4) is 0 Å². The fraction of sp³-hybridized carbons (Fsp3) is 0.333. The molecule has 1 aromatic heterocycles. The zero-order valence-electron chi connectivity index (χ0n) is 10.9. The van der Waals surface area contributed by atoms with Crippen molar-refractivity contribution in [1.29, 1.82) is 0 Å². The zero-order valence-corrected chi connectivity index (χ0v) is 10.9. The molecule has 0 atom stereocenters. The second-order valence-corrected chi connectivity index (χ2v) is 4.76. The van der Waals surface area contributed by atoms with Crippen LogP contribution in [-0.4, -0.2) is 17.6 Å². The molecule has 0 aliphatic carbocycles. The molecule has 0 saturated heterocycles. The third-order valence-corrected chi connectivity index (χ3v) is 3.11. The van der Waals surface area contributed by atoms with Crippen molar-refractivity contribution < 1.29 is 9.53 Å². The summed E-state index contributed by atoms with van der Waals surface area (Å²) >= 11 is 0. The van der Waals surface area contributed by atoms with E-state index >= 15 is 0 Å². The molecule has 3 nitrogen and oxygen atoms in total. The van der Waals surface area contributed by atoms with E-state index in [4.69, 9.17) is 4.74 Å². The van der Waals surface area contributed by atoms with Crippen LogP contribution in [0, 0.1) is 0 Å². The minimum absolute atomic E-state index is 0.201. The molecular formula is C15H17NO2. The Labute approximate surface area is 107 Å². The maximum atomic E-state index is 12.0. The van der Waals surface area contributed by atoms with Crippen molar-refractivity contribution in [2.45, 2.75) is 26.2 Å². The van der Waals surface area contributed by atoms with E-state index in [-0.39, 0.29) is 5.97 Å². The van der Waals surface area contributed by atoms with Crippen molar-refractivity contribution in [3.05, 3.63) is 42.1 Å². The summed E-state index contributed by atoms with van der Waals surface area (Å²) in [7, 11) is 0. The van der Waals surface area contributed by atoms with Gasteiger partial charge in [0.25, 0.3) is 0 Å². The Kier molecular flexibility index (Phi) is 3.32. The second kappa shape index (κ2) is 4.77. The predicted molar refractivity (Wildman–Crippen MR) is 71.4 cm³/mol. The fourth-order valence-corrected chi connectivity index (χ4v) is 1.89. The van der Waals surface area contributed by atoms with Crippen LogP contribution in [0.25, 0.3) is 10.9 Å². The van der Waals surface area contributed by atoms with Crippen molar-refractivity contribution in [1.82, 2.24) is 4.98 Å². The number of pyridine rings is 1. The highest BCUT2D eigenvalue weighted by molar-refractivity contribution is 5.86. The zero-order chi connectivity index (χ0) is 13.2. The topological polar surface area (TPSA) is 39.2 Å². The summed E-state index contributed by atoms with van der Waals surface area (Å²) in [4.78, 5) is 16.2. The number of carbonyl (C=O) groups excluding carboxylic acids is 1. The molecule has 94 valence electrons. The van der Waals surface area contributed by atoms with Gasteiger partial charge in [-0.1, -0.05) is 12.1 Å². The molecule has 0 fully saturated rings.